The second kappa shape index (κ2) is 8.95. The molecule has 0 amide bonds. The van der Waals surface area contributed by atoms with E-state index < -0.39 is 5.97 Å². The van der Waals surface area contributed by atoms with Gasteiger partial charge in [0.25, 0.3) is 0 Å². The molecule has 0 aliphatic heterocycles. The van der Waals surface area contributed by atoms with Gasteiger partial charge in [0.15, 0.2) is 6.79 Å². The minimum Gasteiger partial charge on any atom is -0.435 e. The first-order valence-electron chi connectivity index (χ1n) is 3.31. The third-order valence-electron chi connectivity index (χ3n) is 0.915. The largest absolute Gasteiger partial charge is 0.435 e. The first-order chi connectivity index (χ1) is 5.81. The number of halogens is 1. The van der Waals surface area contributed by atoms with Crippen LogP contribution in [0.2, 0.25) is 0 Å². The van der Waals surface area contributed by atoms with Crippen molar-refractivity contribution in [3.8, 4) is 0 Å². The lowest BCUT2D eigenvalue weighted by molar-refractivity contribution is -0.151. The van der Waals surface area contributed by atoms with Crippen molar-refractivity contribution in [1.82, 2.24) is 0 Å². The number of carbonyl (C=O) groups excluding carboxylic acids is 1. The van der Waals surface area contributed by atoms with Crippen LogP contribution >= 0.6 is 22.6 Å². The molecule has 0 atom stereocenters. The summed E-state index contributed by atoms with van der Waals surface area (Å²) >= 11 is 1.93. The topological polar surface area (TPSA) is 44.8 Å². The zero-order valence-corrected chi connectivity index (χ0v) is 8.94. The Hall–Kier alpha value is -0.140. The summed E-state index contributed by atoms with van der Waals surface area (Å²) in [5.74, 6) is -0.401. The van der Waals surface area contributed by atoms with Crippen LogP contribution in [0, 0.1) is 0 Å². The maximum atomic E-state index is 10.7. The van der Waals surface area contributed by atoms with Crippen molar-refractivity contribution >= 4 is 28.6 Å². The molecule has 4 nitrogen and oxygen atoms in total. The highest BCUT2D eigenvalue weighted by Crippen LogP contribution is 1.87. The molecular formula is C7H11IO4. The number of carbonyl (C=O) groups is 1. The summed E-state index contributed by atoms with van der Waals surface area (Å²) in [7, 11) is 1.58. The van der Waals surface area contributed by atoms with Crippen LogP contribution in [0.1, 0.15) is 0 Å². The maximum Gasteiger partial charge on any atom is 0.333 e. The lowest BCUT2D eigenvalue weighted by Gasteiger charge is -2.02. The second-order valence-corrected chi connectivity index (χ2v) is 2.49. The van der Waals surface area contributed by atoms with E-state index in [-0.39, 0.29) is 6.79 Å². The quantitative estimate of drug-likeness (QED) is 0.241. The summed E-state index contributed by atoms with van der Waals surface area (Å²) in [5, 5.41) is 0. The summed E-state index contributed by atoms with van der Waals surface area (Å²) in [5.41, 5.74) is 0. The van der Waals surface area contributed by atoms with Gasteiger partial charge in [-0.05, 0) is 4.08 Å². The Morgan fingerprint density at radius 2 is 2.25 bits per heavy atom. The van der Waals surface area contributed by atoms with Crippen molar-refractivity contribution in [2.24, 2.45) is 0 Å². The normalized spacial score (nSPS) is 10.5. The predicted molar refractivity (Wildman–Crippen MR) is 51.9 cm³/mol. The molecule has 0 saturated heterocycles. The highest BCUT2D eigenvalue weighted by molar-refractivity contribution is 14.1. The Morgan fingerprint density at radius 1 is 1.50 bits per heavy atom. The van der Waals surface area contributed by atoms with E-state index in [1.54, 1.807) is 11.2 Å². The molecule has 0 heterocycles. The molecule has 0 bridgehead atoms. The molecule has 70 valence electrons. The Morgan fingerprint density at radius 3 is 2.83 bits per heavy atom. The van der Waals surface area contributed by atoms with E-state index in [2.05, 4.69) is 4.74 Å². The SMILES string of the molecule is COCCOCOC(=O)/C=C\I. The smallest absolute Gasteiger partial charge is 0.333 e. The Labute approximate surface area is 85.0 Å². The summed E-state index contributed by atoms with van der Waals surface area (Å²) < 4.78 is 15.8. The lowest BCUT2D eigenvalue weighted by Crippen LogP contribution is -2.08. The van der Waals surface area contributed by atoms with Gasteiger partial charge < -0.3 is 14.2 Å². The van der Waals surface area contributed by atoms with E-state index in [1.807, 2.05) is 22.6 Å². The van der Waals surface area contributed by atoms with Gasteiger partial charge in [0.05, 0.1) is 13.2 Å². The Kier molecular flexibility index (Phi) is 8.85. The van der Waals surface area contributed by atoms with Crippen molar-refractivity contribution in [3.63, 3.8) is 0 Å². The number of hydrogen-bond acceptors (Lipinski definition) is 4. The fourth-order valence-electron chi connectivity index (χ4n) is 0.400. The highest BCUT2D eigenvalue weighted by Gasteiger charge is 1.94. The van der Waals surface area contributed by atoms with Crippen molar-refractivity contribution < 1.29 is 19.0 Å². The highest BCUT2D eigenvalue weighted by atomic mass is 127. The molecule has 0 rings (SSSR count). The monoisotopic (exact) mass is 286 g/mol. The van der Waals surface area contributed by atoms with Gasteiger partial charge in [-0.25, -0.2) is 4.79 Å². The molecule has 0 aliphatic carbocycles. The molecule has 0 N–H and O–H groups in total. The molecule has 0 aromatic rings. The van der Waals surface area contributed by atoms with Gasteiger partial charge >= 0.3 is 5.97 Å². The van der Waals surface area contributed by atoms with Crippen LogP contribution in [0.3, 0.4) is 0 Å². The molecule has 5 heteroatoms. The van der Waals surface area contributed by atoms with Gasteiger partial charge in [0, 0.05) is 13.2 Å². The maximum absolute atomic E-state index is 10.7. The average molecular weight is 286 g/mol. The van der Waals surface area contributed by atoms with E-state index in [0.29, 0.717) is 13.2 Å². The van der Waals surface area contributed by atoms with Gasteiger partial charge in [0.2, 0.25) is 0 Å². The molecule has 12 heavy (non-hydrogen) atoms. The van der Waals surface area contributed by atoms with Crippen LogP contribution in [0.15, 0.2) is 10.2 Å². The number of ether oxygens (including phenoxy) is 3. The average Bonchev–Trinajstić information content (AvgIpc) is 2.05. The van der Waals surface area contributed by atoms with Gasteiger partial charge in [-0.3, -0.25) is 0 Å². The van der Waals surface area contributed by atoms with Crippen molar-refractivity contribution in [1.29, 1.82) is 0 Å². The van der Waals surface area contributed by atoms with Crippen molar-refractivity contribution in [3.05, 3.63) is 10.2 Å². The van der Waals surface area contributed by atoms with E-state index in [9.17, 15) is 4.79 Å². The molecule has 0 aliphatic rings. The number of esters is 1. The zero-order chi connectivity index (χ0) is 9.23. The van der Waals surface area contributed by atoms with Crippen molar-refractivity contribution in [2.45, 2.75) is 0 Å². The third-order valence-corrected chi connectivity index (χ3v) is 1.27. The van der Waals surface area contributed by atoms with Gasteiger partial charge in [-0.15, -0.1) is 0 Å². The predicted octanol–water partition coefficient (Wildman–Crippen LogP) is 1.10. The van der Waals surface area contributed by atoms with E-state index in [4.69, 9.17) is 9.47 Å². The zero-order valence-electron chi connectivity index (χ0n) is 6.79. The van der Waals surface area contributed by atoms with Crippen LogP contribution in [0.4, 0.5) is 0 Å². The first-order valence-corrected chi connectivity index (χ1v) is 4.56. The molecule has 0 fully saturated rings. The van der Waals surface area contributed by atoms with Crippen LogP contribution in [0.5, 0.6) is 0 Å². The van der Waals surface area contributed by atoms with Crippen LogP contribution in [-0.2, 0) is 19.0 Å². The molecule has 0 aromatic carbocycles. The number of methoxy groups -OCH3 is 1. The summed E-state index contributed by atoms with van der Waals surface area (Å²) in [6.45, 7) is 0.903. The van der Waals surface area contributed by atoms with E-state index in [1.165, 1.54) is 6.08 Å². The van der Waals surface area contributed by atoms with Gasteiger partial charge in [-0.2, -0.15) is 0 Å². The third kappa shape index (κ3) is 7.96. The lowest BCUT2D eigenvalue weighted by atomic mass is 10.7. The molecule has 0 unspecified atom stereocenters. The number of rotatable bonds is 6. The van der Waals surface area contributed by atoms with Crippen molar-refractivity contribution in [2.75, 3.05) is 27.1 Å². The van der Waals surface area contributed by atoms with E-state index in [0.717, 1.165) is 0 Å². The molecular weight excluding hydrogens is 275 g/mol. The van der Waals surface area contributed by atoms with E-state index >= 15 is 0 Å². The summed E-state index contributed by atoms with van der Waals surface area (Å²) in [6.07, 6.45) is 1.32. The first kappa shape index (κ1) is 11.9. The Balaban J connectivity index is 3.14. The molecule has 0 radical (unpaired) electrons. The molecule has 0 saturated carbocycles. The fraction of sp³-hybridized carbons (Fsp3) is 0.571. The number of hydrogen-bond donors (Lipinski definition) is 0. The summed E-state index contributed by atoms with van der Waals surface area (Å²) in [6, 6.07) is 0. The summed E-state index contributed by atoms with van der Waals surface area (Å²) in [4.78, 5) is 10.7. The van der Waals surface area contributed by atoms with Gasteiger partial charge in [-0.1, -0.05) is 22.6 Å². The Bertz CT molecular complexity index is 146. The molecule has 0 spiro atoms. The minimum absolute atomic E-state index is 0.0246. The van der Waals surface area contributed by atoms with Crippen LogP contribution in [0.25, 0.3) is 0 Å². The van der Waals surface area contributed by atoms with Crippen LogP contribution < -0.4 is 0 Å². The van der Waals surface area contributed by atoms with Gasteiger partial charge in [0.1, 0.15) is 0 Å². The molecule has 0 aromatic heterocycles. The standard InChI is InChI=1S/C7H11IO4/c1-10-4-5-11-6-12-7(9)2-3-8/h2-3H,4-6H2,1H3/b3-2-. The second-order valence-electron chi connectivity index (χ2n) is 1.77. The van der Waals surface area contributed by atoms with Crippen LogP contribution in [-0.4, -0.2) is 33.1 Å². The fourth-order valence-corrected chi connectivity index (χ4v) is 0.694. The minimum atomic E-state index is -0.401.